The number of carbonyl (C=O) groups excluding carboxylic acids is 1. The summed E-state index contributed by atoms with van der Waals surface area (Å²) in [4.78, 5) is 12.8. The Hall–Kier alpha value is -2.60. The minimum Gasteiger partial charge on any atom is -0.497 e. The van der Waals surface area contributed by atoms with Crippen molar-refractivity contribution in [2.75, 3.05) is 7.11 Å². The first-order chi connectivity index (χ1) is 11.2. The number of rotatable bonds is 4. The molecule has 1 aliphatic carbocycles. The van der Waals surface area contributed by atoms with E-state index < -0.39 is 0 Å². The Kier molecular flexibility index (Phi) is 4.43. The number of nitrogens with zero attached hydrogens (tertiary/aromatic N) is 1. The molecule has 0 saturated carbocycles. The summed E-state index contributed by atoms with van der Waals surface area (Å²) in [5, 5.41) is 9.58. The SMILES string of the molecule is COc1cccc(CC(=O)C2CCc3ccccc3C2C#N)c1. The molecule has 2 atom stereocenters. The van der Waals surface area contributed by atoms with E-state index in [1.54, 1.807) is 7.11 Å². The highest BCUT2D eigenvalue weighted by molar-refractivity contribution is 5.85. The summed E-state index contributed by atoms with van der Waals surface area (Å²) < 4.78 is 5.21. The second-order valence-corrected chi connectivity index (χ2v) is 5.95. The highest BCUT2D eigenvalue weighted by atomic mass is 16.5. The summed E-state index contributed by atoms with van der Waals surface area (Å²) in [6.45, 7) is 0. The Morgan fingerprint density at radius 3 is 2.87 bits per heavy atom. The van der Waals surface area contributed by atoms with Gasteiger partial charge in [0.15, 0.2) is 0 Å². The molecule has 2 aromatic rings. The summed E-state index contributed by atoms with van der Waals surface area (Å²) in [5.41, 5.74) is 3.15. The molecule has 23 heavy (non-hydrogen) atoms. The maximum absolute atomic E-state index is 12.8. The average molecular weight is 305 g/mol. The molecule has 2 unspecified atom stereocenters. The molecule has 0 N–H and O–H groups in total. The number of hydrogen-bond acceptors (Lipinski definition) is 3. The van der Waals surface area contributed by atoms with Crippen molar-refractivity contribution in [3.8, 4) is 11.8 Å². The van der Waals surface area contributed by atoms with Crippen LogP contribution in [0.1, 0.15) is 29.0 Å². The number of aryl methyl sites for hydroxylation is 1. The molecule has 0 saturated heterocycles. The van der Waals surface area contributed by atoms with Crippen molar-refractivity contribution in [2.24, 2.45) is 5.92 Å². The van der Waals surface area contributed by atoms with E-state index in [0.29, 0.717) is 6.42 Å². The van der Waals surface area contributed by atoms with Gasteiger partial charge in [0.2, 0.25) is 0 Å². The minimum absolute atomic E-state index is 0.138. The number of benzene rings is 2. The second-order valence-electron chi connectivity index (χ2n) is 5.95. The van der Waals surface area contributed by atoms with E-state index in [2.05, 4.69) is 12.1 Å². The van der Waals surface area contributed by atoms with Crippen LogP contribution in [0.2, 0.25) is 0 Å². The zero-order valence-corrected chi connectivity index (χ0v) is 13.2. The minimum atomic E-state index is -0.335. The van der Waals surface area contributed by atoms with Crippen molar-refractivity contribution in [3.05, 3.63) is 65.2 Å². The summed E-state index contributed by atoms with van der Waals surface area (Å²) >= 11 is 0. The third kappa shape index (κ3) is 3.12. The first kappa shape index (κ1) is 15.3. The molecular weight excluding hydrogens is 286 g/mol. The second kappa shape index (κ2) is 6.66. The number of methoxy groups -OCH3 is 1. The fraction of sp³-hybridized carbons (Fsp3) is 0.300. The van der Waals surface area contributed by atoms with Gasteiger partial charge in [-0.05, 0) is 41.7 Å². The van der Waals surface area contributed by atoms with E-state index >= 15 is 0 Å². The highest BCUT2D eigenvalue weighted by Gasteiger charge is 2.34. The lowest BCUT2D eigenvalue weighted by Crippen LogP contribution is -2.28. The van der Waals surface area contributed by atoms with Gasteiger partial charge in [0.25, 0.3) is 0 Å². The van der Waals surface area contributed by atoms with E-state index in [1.165, 1.54) is 5.56 Å². The predicted octanol–water partition coefficient (Wildman–Crippen LogP) is 3.68. The van der Waals surface area contributed by atoms with Crippen molar-refractivity contribution >= 4 is 5.78 Å². The molecule has 0 aromatic heterocycles. The van der Waals surface area contributed by atoms with Gasteiger partial charge in [-0.3, -0.25) is 4.79 Å². The molecule has 116 valence electrons. The van der Waals surface area contributed by atoms with E-state index in [-0.39, 0.29) is 17.6 Å². The monoisotopic (exact) mass is 305 g/mol. The quantitative estimate of drug-likeness (QED) is 0.866. The summed E-state index contributed by atoms with van der Waals surface area (Å²) in [6, 6.07) is 17.9. The predicted molar refractivity (Wildman–Crippen MR) is 88.3 cm³/mol. The molecule has 3 heteroatoms. The van der Waals surface area contributed by atoms with E-state index in [4.69, 9.17) is 4.74 Å². The van der Waals surface area contributed by atoms with Gasteiger partial charge in [-0.1, -0.05) is 36.4 Å². The number of hydrogen-bond donors (Lipinski definition) is 0. The lowest BCUT2D eigenvalue weighted by atomic mass is 9.73. The van der Waals surface area contributed by atoms with Crippen LogP contribution < -0.4 is 4.74 Å². The Bertz CT molecular complexity index is 760. The van der Waals surface area contributed by atoms with Crippen molar-refractivity contribution in [1.29, 1.82) is 5.26 Å². The Morgan fingerprint density at radius 2 is 2.09 bits per heavy atom. The first-order valence-electron chi connectivity index (χ1n) is 7.86. The molecule has 0 bridgehead atoms. The van der Waals surface area contributed by atoms with E-state index in [0.717, 1.165) is 29.7 Å². The maximum Gasteiger partial charge on any atom is 0.141 e. The number of ether oxygens (including phenoxy) is 1. The van der Waals surface area contributed by atoms with Gasteiger partial charge in [-0.25, -0.2) is 0 Å². The summed E-state index contributed by atoms with van der Waals surface area (Å²) in [5.74, 6) is 0.333. The van der Waals surface area contributed by atoms with Crippen LogP contribution in [0.15, 0.2) is 48.5 Å². The molecule has 1 aliphatic rings. The lowest BCUT2D eigenvalue weighted by molar-refractivity contribution is -0.122. The van der Waals surface area contributed by atoms with Crippen LogP contribution in [-0.2, 0) is 17.6 Å². The molecule has 0 heterocycles. The molecule has 0 fully saturated rings. The van der Waals surface area contributed by atoms with Crippen LogP contribution in [0.25, 0.3) is 0 Å². The van der Waals surface area contributed by atoms with Crippen LogP contribution in [-0.4, -0.2) is 12.9 Å². The van der Waals surface area contributed by atoms with Crippen LogP contribution in [0.3, 0.4) is 0 Å². The molecular formula is C20H19NO2. The van der Waals surface area contributed by atoms with Crippen molar-refractivity contribution in [2.45, 2.75) is 25.2 Å². The third-order valence-corrected chi connectivity index (χ3v) is 4.58. The standard InChI is InChI=1S/C20H19NO2/c1-23-16-7-4-5-14(11-16)12-20(22)18-10-9-15-6-2-3-8-17(15)19(18)13-21/h2-8,11,18-19H,9-10,12H2,1H3. The molecule has 2 aromatic carbocycles. The molecule has 0 amide bonds. The van der Waals surface area contributed by atoms with Gasteiger partial charge in [-0.2, -0.15) is 5.26 Å². The number of Topliss-reactive ketones (excluding diaryl/α,β-unsaturated/α-hetero) is 1. The van der Waals surface area contributed by atoms with E-state index in [9.17, 15) is 10.1 Å². The number of carbonyl (C=O) groups is 1. The summed E-state index contributed by atoms with van der Waals surface area (Å²) in [6.07, 6.45) is 1.96. The Morgan fingerprint density at radius 1 is 1.26 bits per heavy atom. The maximum atomic E-state index is 12.8. The number of ketones is 1. The average Bonchev–Trinajstić information content (AvgIpc) is 2.60. The van der Waals surface area contributed by atoms with Gasteiger partial charge in [0.1, 0.15) is 11.5 Å². The fourth-order valence-electron chi connectivity index (χ4n) is 3.38. The fourth-order valence-corrected chi connectivity index (χ4v) is 3.38. The zero-order chi connectivity index (χ0) is 16.2. The van der Waals surface area contributed by atoms with Crippen LogP contribution in [0, 0.1) is 17.2 Å². The molecule has 3 rings (SSSR count). The molecule has 0 spiro atoms. The van der Waals surface area contributed by atoms with Crippen LogP contribution in [0.5, 0.6) is 5.75 Å². The van der Waals surface area contributed by atoms with Crippen molar-refractivity contribution < 1.29 is 9.53 Å². The van der Waals surface area contributed by atoms with Crippen LogP contribution in [0.4, 0.5) is 0 Å². The van der Waals surface area contributed by atoms with Gasteiger partial charge < -0.3 is 4.74 Å². The number of fused-ring (bicyclic) bond motifs is 1. The summed E-state index contributed by atoms with van der Waals surface area (Å²) in [7, 11) is 1.62. The van der Waals surface area contributed by atoms with Gasteiger partial charge >= 0.3 is 0 Å². The normalized spacial score (nSPS) is 19.5. The van der Waals surface area contributed by atoms with Crippen molar-refractivity contribution in [1.82, 2.24) is 0 Å². The topological polar surface area (TPSA) is 50.1 Å². The van der Waals surface area contributed by atoms with Gasteiger partial charge in [0.05, 0.1) is 19.1 Å². The largest absolute Gasteiger partial charge is 0.497 e. The number of nitriles is 1. The molecule has 3 nitrogen and oxygen atoms in total. The lowest BCUT2D eigenvalue weighted by Gasteiger charge is -2.28. The van der Waals surface area contributed by atoms with Gasteiger partial charge in [-0.15, -0.1) is 0 Å². The highest BCUT2D eigenvalue weighted by Crippen LogP contribution is 2.36. The van der Waals surface area contributed by atoms with Crippen molar-refractivity contribution in [3.63, 3.8) is 0 Å². The Balaban J connectivity index is 1.81. The van der Waals surface area contributed by atoms with E-state index in [1.807, 2.05) is 42.5 Å². The molecule has 0 aliphatic heterocycles. The smallest absolute Gasteiger partial charge is 0.141 e. The van der Waals surface area contributed by atoms with Crippen LogP contribution >= 0.6 is 0 Å². The Labute approximate surface area is 136 Å². The molecule has 0 radical (unpaired) electrons. The third-order valence-electron chi connectivity index (χ3n) is 4.58. The first-order valence-corrected chi connectivity index (χ1v) is 7.86. The zero-order valence-electron chi connectivity index (χ0n) is 13.2. The van der Waals surface area contributed by atoms with Gasteiger partial charge in [0, 0.05) is 12.3 Å².